The zero-order valence-electron chi connectivity index (χ0n) is 19.3. The van der Waals surface area contributed by atoms with Gasteiger partial charge in [-0.25, -0.2) is 4.79 Å². The molecule has 0 radical (unpaired) electrons. The van der Waals surface area contributed by atoms with Crippen molar-refractivity contribution in [2.45, 2.75) is 32.1 Å². The van der Waals surface area contributed by atoms with E-state index in [9.17, 15) is 14.9 Å². The average Bonchev–Trinajstić information content (AvgIpc) is 2.82. The predicted octanol–water partition coefficient (Wildman–Crippen LogP) is 5.84. The van der Waals surface area contributed by atoms with E-state index in [1.165, 1.54) is 12.1 Å². The van der Waals surface area contributed by atoms with Gasteiger partial charge < -0.3 is 14.2 Å². The van der Waals surface area contributed by atoms with Crippen LogP contribution in [0.1, 0.15) is 43.2 Å². The Morgan fingerprint density at radius 3 is 2.15 bits per heavy atom. The van der Waals surface area contributed by atoms with E-state index in [0.717, 1.165) is 49.0 Å². The minimum atomic E-state index is -0.407. The molecular formula is C27H31NO6. The maximum atomic E-state index is 11.6. The van der Waals surface area contributed by atoms with Gasteiger partial charge in [-0.05, 0) is 67.5 Å². The number of ether oxygens (including phenoxy) is 3. The van der Waals surface area contributed by atoms with Gasteiger partial charge in [0.15, 0.2) is 0 Å². The van der Waals surface area contributed by atoms with Crippen LogP contribution in [-0.2, 0) is 14.3 Å². The Balaban J connectivity index is 1.21. The van der Waals surface area contributed by atoms with Gasteiger partial charge >= 0.3 is 5.97 Å². The number of esters is 1. The summed E-state index contributed by atoms with van der Waals surface area (Å²) >= 11 is 0. The van der Waals surface area contributed by atoms with Gasteiger partial charge in [-0.3, -0.25) is 10.1 Å². The number of nitro groups is 1. The van der Waals surface area contributed by atoms with Crippen LogP contribution < -0.4 is 4.74 Å². The molecule has 0 heterocycles. The summed E-state index contributed by atoms with van der Waals surface area (Å²) in [6, 6.07) is 14.2. The first-order chi connectivity index (χ1) is 16.6. The number of unbranched alkanes of at least 4 members (excludes halogenated alkanes) is 3. The fraction of sp³-hybridized carbons (Fsp3) is 0.370. The van der Waals surface area contributed by atoms with Crippen molar-refractivity contribution in [3.8, 4) is 5.75 Å². The Morgan fingerprint density at radius 1 is 0.941 bits per heavy atom. The van der Waals surface area contributed by atoms with Crippen LogP contribution in [-0.4, -0.2) is 37.3 Å². The molecule has 0 N–H and O–H groups in total. The van der Waals surface area contributed by atoms with Gasteiger partial charge in [0.2, 0.25) is 0 Å². The Labute approximate surface area is 200 Å². The number of hydrogen-bond donors (Lipinski definition) is 0. The molecule has 34 heavy (non-hydrogen) atoms. The molecule has 1 aliphatic rings. The van der Waals surface area contributed by atoms with E-state index in [1.807, 2.05) is 36.4 Å². The monoisotopic (exact) mass is 465 g/mol. The van der Waals surface area contributed by atoms with E-state index in [-0.39, 0.29) is 18.3 Å². The van der Waals surface area contributed by atoms with E-state index in [2.05, 4.69) is 12.2 Å². The quantitative estimate of drug-likeness (QED) is 0.0820. The van der Waals surface area contributed by atoms with Crippen LogP contribution in [0.5, 0.6) is 5.75 Å². The summed E-state index contributed by atoms with van der Waals surface area (Å²) in [4.78, 5) is 21.9. The van der Waals surface area contributed by atoms with Gasteiger partial charge in [-0.2, -0.15) is 0 Å². The van der Waals surface area contributed by atoms with Gasteiger partial charge in [-0.15, -0.1) is 0 Å². The number of hydrogen-bond acceptors (Lipinski definition) is 6. The molecular weight excluding hydrogens is 434 g/mol. The second-order valence-electron chi connectivity index (χ2n) is 8.17. The molecule has 0 saturated heterocycles. The molecule has 1 aliphatic carbocycles. The minimum Gasteiger partial charge on any atom is -0.494 e. The van der Waals surface area contributed by atoms with E-state index >= 15 is 0 Å². The highest BCUT2D eigenvalue weighted by Crippen LogP contribution is 2.18. The molecule has 1 unspecified atom stereocenters. The van der Waals surface area contributed by atoms with Gasteiger partial charge in [0, 0.05) is 18.1 Å². The summed E-state index contributed by atoms with van der Waals surface area (Å²) in [5.74, 6) is 0.982. The van der Waals surface area contributed by atoms with Crippen molar-refractivity contribution in [2.75, 3.05) is 26.4 Å². The largest absolute Gasteiger partial charge is 0.494 e. The first kappa shape index (κ1) is 25.2. The highest BCUT2D eigenvalue weighted by Gasteiger charge is 2.11. The third-order valence-corrected chi connectivity index (χ3v) is 5.42. The molecule has 0 fully saturated rings. The lowest BCUT2D eigenvalue weighted by molar-refractivity contribution is -0.384. The van der Waals surface area contributed by atoms with Crippen molar-refractivity contribution in [1.29, 1.82) is 0 Å². The molecule has 180 valence electrons. The topological polar surface area (TPSA) is 87.9 Å². The second-order valence-corrected chi connectivity index (χ2v) is 8.17. The summed E-state index contributed by atoms with van der Waals surface area (Å²) in [5, 5.41) is 10.7. The average molecular weight is 466 g/mol. The normalized spacial score (nSPS) is 14.6. The molecule has 0 aromatic heterocycles. The Morgan fingerprint density at radius 2 is 1.56 bits per heavy atom. The lowest BCUT2D eigenvalue weighted by Crippen LogP contribution is -2.18. The third kappa shape index (κ3) is 9.19. The van der Waals surface area contributed by atoms with Crippen molar-refractivity contribution in [2.24, 2.45) is 5.92 Å². The first-order valence-electron chi connectivity index (χ1n) is 11.7. The van der Waals surface area contributed by atoms with Crippen LogP contribution in [0.4, 0.5) is 5.69 Å². The maximum absolute atomic E-state index is 11.6. The fourth-order valence-electron chi connectivity index (χ4n) is 3.30. The number of nitrogens with zero attached hydrogens (tertiary/aromatic N) is 1. The molecule has 2 aromatic carbocycles. The summed E-state index contributed by atoms with van der Waals surface area (Å²) in [5.41, 5.74) is 2.00. The van der Waals surface area contributed by atoms with Crippen LogP contribution in [0.25, 0.3) is 12.2 Å². The first-order valence-corrected chi connectivity index (χ1v) is 11.7. The molecule has 1 atom stereocenters. The Hall–Kier alpha value is -3.45. The van der Waals surface area contributed by atoms with Crippen LogP contribution in [0.3, 0.4) is 0 Å². The van der Waals surface area contributed by atoms with E-state index in [4.69, 9.17) is 14.2 Å². The number of carbonyl (C=O) groups excluding carboxylic acids is 1. The molecule has 7 nitrogen and oxygen atoms in total. The Kier molecular flexibility index (Phi) is 10.3. The third-order valence-electron chi connectivity index (χ3n) is 5.42. The Bertz CT molecular complexity index is 966. The highest BCUT2D eigenvalue weighted by atomic mass is 16.6. The number of carbonyl (C=O) groups is 1. The second kappa shape index (κ2) is 14.0. The SMILES string of the molecule is O=C(COCC1C=CC1)OCCCCCCOc1ccc(/C=C/c2ccc([N+](=O)[O-])cc2)cc1. The van der Waals surface area contributed by atoms with E-state index in [1.54, 1.807) is 12.1 Å². The van der Waals surface area contributed by atoms with Crippen LogP contribution in [0, 0.1) is 16.0 Å². The summed E-state index contributed by atoms with van der Waals surface area (Å²) in [6.07, 6.45) is 12.9. The molecule has 0 aliphatic heterocycles. The van der Waals surface area contributed by atoms with Crippen molar-refractivity contribution < 1.29 is 23.9 Å². The van der Waals surface area contributed by atoms with Crippen LogP contribution in [0.2, 0.25) is 0 Å². The zero-order chi connectivity index (χ0) is 24.0. The summed E-state index contributed by atoms with van der Waals surface area (Å²) in [7, 11) is 0. The molecule has 0 bridgehead atoms. The van der Waals surface area contributed by atoms with Gasteiger partial charge in [-0.1, -0.05) is 36.4 Å². The van der Waals surface area contributed by atoms with Crippen molar-refractivity contribution in [3.63, 3.8) is 0 Å². The van der Waals surface area contributed by atoms with Crippen LogP contribution >= 0.6 is 0 Å². The summed E-state index contributed by atoms with van der Waals surface area (Å²) < 4.78 is 16.3. The molecule has 7 heteroatoms. The number of allylic oxidation sites excluding steroid dienone is 1. The molecule has 3 rings (SSSR count). The van der Waals surface area contributed by atoms with Gasteiger partial charge in [0.05, 0.1) is 24.7 Å². The number of non-ortho nitro benzene ring substituents is 1. The highest BCUT2D eigenvalue weighted by molar-refractivity contribution is 5.71. The molecule has 0 spiro atoms. The van der Waals surface area contributed by atoms with E-state index in [0.29, 0.717) is 25.7 Å². The van der Waals surface area contributed by atoms with Gasteiger partial charge in [0.1, 0.15) is 12.4 Å². The lowest BCUT2D eigenvalue weighted by Gasteiger charge is -2.16. The molecule has 0 amide bonds. The van der Waals surface area contributed by atoms with Crippen molar-refractivity contribution in [3.05, 3.63) is 81.9 Å². The van der Waals surface area contributed by atoms with Crippen molar-refractivity contribution >= 4 is 23.8 Å². The summed E-state index contributed by atoms with van der Waals surface area (Å²) in [6.45, 7) is 1.69. The number of rotatable bonds is 15. The number of nitro benzene ring substituents is 1. The number of benzene rings is 2. The maximum Gasteiger partial charge on any atom is 0.332 e. The van der Waals surface area contributed by atoms with Crippen LogP contribution in [0.15, 0.2) is 60.7 Å². The predicted molar refractivity (Wildman–Crippen MR) is 131 cm³/mol. The van der Waals surface area contributed by atoms with Gasteiger partial charge in [0.25, 0.3) is 5.69 Å². The van der Waals surface area contributed by atoms with Crippen molar-refractivity contribution in [1.82, 2.24) is 0 Å². The minimum absolute atomic E-state index is 0.0316. The van der Waals surface area contributed by atoms with E-state index < -0.39 is 4.92 Å². The standard InChI is InChI=1S/C27H31NO6/c29-27(21-32-20-24-6-5-7-24)34-19-4-2-1-3-18-33-26-16-12-23(13-17-26)9-8-22-10-14-25(15-11-22)28(30)31/h5-6,8-17,24H,1-4,7,18-21H2/b9-8+. The fourth-order valence-corrected chi connectivity index (χ4v) is 3.30. The lowest BCUT2D eigenvalue weighted by atomic mass is 9.97. The zero-order valence-corrected chi connectivity index (χ0v) is 19.3. The molecule has 0 saturated carbocycles. The smallest absolute Gasteiger partial charge is 0.332 e. The molecule has 2 aromatic rings.